The third-order valence-electron chi connectivity index (χ3n) is 4.94. The van der Waals surface area contributed by atoms with Crippen LogP contribution < -0.4 is 4.72 Å². The van der Waals surface area contributed by atoms with Crippen molar-refractivity contribution in [1.82, 2.24) is 4.72 Å². The number of sulfonamides is 1. The third-order valence-corrected chi connectivity index (χ3v) is 6.73. The first-order valence-electron chi connectivity index (χ1n) is 7.96. The van der Waals surface area contributed by atoms with E-state index in [0.29, 0.717) is 4.90 Å². The SMILES string of the molecule is Cc1cc(C)c(C)c(S(=O)(=O)NC2Cc3ccccc3C2)c1C. The van der Waals surface area contributed by atoms with Gasteiger partial charge in [-0.3, -0.25) is 0 Å². The zero-order valence-corrected chi connectivity index (χ0v) is 14.9. The van der Waals surface area contributed by atoms with E-state index in [1.54, 1.807) is 0 Å². The Balaban J connectivity index is 1.93. The van der Waals surface area contributed by atoms with Gasteiger partial charge in [0.05, 0.1) is 4.90 Å². The van der Waals surface area contributed by atoms with Crippen molar-refractivity contribution in [3.8, 4) is 0 Å². The van der Waals surface area contributed by atoms with Crippen LogP contribution in [0.25, 0.3) is 0 Å². The molecule has 23 heavy (non-hydrogen) atoms. The van der Waals surface area contributed by atoms with Crippen LogP contribution in [0.4, 0.5) is 0 Å². The second kappa shape index (κ2) is 5.77. The van der Waals surface area contributed by atoms with E-state index in [0.717, 1.165) is 35.1 Å². The van der Waals surface area contributed by atoms with Gasteiger partial charge in [-0.05, 0) is 73.9 Å². The molecule has 0 amide bonds. The molecule has 4 heteroatoms. The number of hydrogen-bond donors (Lipinski definition) is 1. The van der Waals surface area contributed by atoms with Crippen LogP contribution in [0.5, 0.6) is 0 Å². The Labute approximate surface area is 138 Å². The molecule has 2 aromatic carbocycles. The monoisotopic (exact) mass is 329 g/mol. The van der Waals surface area contributed by atoms with Crippen LogP contribution in [0.2, 0.25) is 0 Å². The minimum atomic E-state index is -3.52. The highest BCUT2D eigenvalue weighted by atomic mass is 32.2. The van der Waals surface area contributed by atoms with E-state index in [2.05, 4.69) is 22.9 Å². The molecule has 0 aromatic heterocycles. The van der Waals surface area contributed by atoms with Gasteiger partial charge in [0.25, 0.3) is 0 Å². The van der Waals surface area contributed by atoms with E-state index in [1.807, 2.05) is 39.8 Å². The standard InChI is InChI=1S/C19H23NO2S/c1-12-9-13(2)15(4)19(14(12)3)23(21,22)20-18-10-16-7-5-6-8-17(16)11-18/h5-9,18,20H,10-11H2,1-4H3. The second-order valence-corrected chi connectivity index (χ2v) is 8.24. The molecular formula is C19H23NO2S. The number of rotatable bonds is 3. The van der Waals surface area contributed by atoms with E-state index in [9.17, 15) is 8.42 Å². The molecule has 0 atom stereocenters. The molecule has 0 bridgehead atoms. The van der Waals surface area contributed by atoms with Crippen LogP contribution in [-0.4, -0.2) is 14.5 Å². The molecule has 0 unspecified atom stereocenters. The van der Waals surface area contributed by atoms with Crippen molar-refractivity contribution in [2.45, 2.75) is 51.5 Å². The highest BCUT2D eigenvalue weighted by Gasteiger charge is 2.28. The summed E-state index contributed by atoms with van der Waals surface area (Å²) in [6.07, 6.45) is 1.52. The Bertz CT molecular complexity index is 818. The molecular weight excluding hydrogens is 306 g/mol. The molecule has 0 spiro atoms. The van der Waals surface area contributed by atoms with Crippen molar-refractivity contribution in [1.29, 1.82) is 0 Å². The van der Waals surface area contributed by atoms with E-state index in [1.165, 1.54) is 11.1 Å². The fourth-order valence-corrected chi connectivity index (χ4v) is 5.36. The number of aryl methyl sites for hydroxylation is 2. The van der Waals surface area contributed by atoms with Gasteiger partial charge >= 0.3 is 0 Å². The minimum absolute atomic E-state index is 0.0583. The van der Waals surface area contributed by atoms with Crippen LogP contribution >= 0.6 is 0 Å². The van der Waals surface area contributed by atoms with Crippen LogP contribution in [0, 0.1) is 27.7 Å². The zero-order chi connectivity index (χ0) is 16.8. The normalized spacial score (nSPS) is 15.0. The summed E-state index contributed by atoms with van der Waals surface area (Å²) in [4.78, 5) is 0.450. The number of benzene rings is 2. The van der Waals surface area contributed by atoms with Crippen molar-refractivity contribution >= 4 is 10.0 Å². The quantitative estimate of drug-likeness (QED) is 0.938. The maximum atomic E-state index is 13.0. The Kier molecular flexibility index (Phi) is 4.07. The highest BCUT2D eigenvalue weighted by molar-refractivity contribution is 7.89. The maximum absolute atomic E-state index is 13.0. The number of nitrogens with one attached hydrogen (secondary N) is 1. The van der Waals surface area contributed by atoms with Crippen LogP contribution in [-0.2, 0) is 22.9 Å². The Morgan fingerprint density at radius 1 is 0.913 bits per heavy atom. The minimum Gasteiger partial charge on any atom is -0.207 e. The Hall–Kier alpha value is -1.65. The van der Waals surface area contributed by atoms with Gasteiger partial charge in [0.2, 0.25) is 10.0 Å². The lowest BCUT2D eigenvalue weighted by Gasteiger charge is -2.18. The topological polar surface area (TPSA) is 46.2 Å². The molecule has 122 valence electrons. The van der Waals surface area contributed by atoms with E-state index >= 15 is 0 Å². The summed E-state index contributed by atoms with van der Waals surface area (Å²) in [5, 5.41) is 0. The largest absolute Gasteiger partial charge is 0.241 e. The first-order chi connectivity index (χ1) is 10.8. The molecule has 0 saturated carbocycles. The molecule has 1 aliphatic rings. The van der Waals surface area contributed by atoms with Crippen LogP contribution in [0.1, 0.15) is 33.4 Å². The van der Waals surface area contributed by atoms with Crippen molar-refractivity contribution in [2.24, 2.45) is 0 Å². The molecule has 0 fully saturated rings. The molecule has 0 heterocycles. The van der Waals surface area contributed by atoms with Gasteiger partial charge in [-0.1, -0.05) is 30.3 Å². The predicted molar refractivity (Wildman–Crippen MR) is 93.3 cm³/mol. The molecule has 2 aromatic rings. The molecule has 0 radical (unpaired) electrons. The third kappa shape index (κ3) is 2.93. The summed E-state index contributed by atoms with van der Waals surface area (Å²) in [5.74, 6) is 0. The van der Waals surface area contributed by atoms with E-state index < -0.39 is 10.0 Å². The lowest BCUT2D eigenvalue weighted by molar-refractivity contribution is 0.554. The molecule has 1 N–H and O–H groups in total. The van der Waals surface area contributed by atoms with Gasteiger partial charge in [0.15, 0.2) is 0 Å². The van der Waals surface area contributed by atoms with E-state index in [-0.39, 0.29) is 6.04 Å². The lowest BCUT2D eigenvalue weighted by Crippen LogP contribution is -2.36. The van der Waals surface area contributed by atoms with Gasteiger partial charge < -0.3 is 0 Å². The fourth-order valence-electron chi connectivity index (χ4n) is 3.50. The van der Waals surface area contributed by atoms with Crippen LogP contribution in [0.15, 0.2) is 35.2 Å². The summed E-state index contributed by atoms with van der Waals surface area (Å²) in [6, 6.07) is 10.2. The number of fused-ring (bicyclic) bond motifs is 1. The predicted octanol–water partition coefficient (Wildman–Crippen LogP) is 3.37. The molecule has 3 nitrogen and oxygen atoms in total. The summed E-state index contributed by atoms with van der Waals surface area (Å²) in [7, 11) is -3.52. The van der Waals surface area contributed by atoms with Crippen molar-refractivity contribution in [3.05, 3.63) is 63.7 Å². The smallest absolute Gasteiger partial charge is 0.207 e. The zero-order valence-electron chi connectivity index (χ0n) is 14.1. The molecule has 1 aliphatic carbocycles. The second-order valence-electron chi connectivity index (χ2n) is 6.58. The highest BCUT2D eigenvalue weighted by Crippen LogP contribution is 2.28. The fraction of sp³-hybridized carbons (Fsp3) is 0.368. The van der Waals surface area contributed by atoms with Gasteiger partial charge in [0, 0.05) is 6.04 Å². The molecule has 0 saturated heterocycles. The first kappa shape index (κ1) is 16.2. The van der Waals surface area contributed by atoms with Gasteiger partial charge in [0.1, 0.15) is 0 Å². The Morgan fingerprint density at radius 2 is 1.39 bits per heavy atom. The average Bonchev–Trinajstić information content (AvgIpc) is 2.86. The van der Waals surface area contributed by atoms with Crippen molar-refractivity contribution in [2.75, 3.05) is 0 Å². The summed E-state index contributed by atoms with van der Waals surface area (Å²) >= 11 is 0. The maximum Gasteiger partial charge on any atom is 0.241 e. The first-order valence-corrected chi connectivity index (χ1v) is 9.44. The van der Waals surface area contributed by atoms with E-state index in [4.69, 9.17) is 0 Å². The summed E-state index contributed by atoms with van der Waals surface area (Å²) < 4.78 is 28.9. The van der Waals surface area contributed by atoms with Gasteiger partial charge in [-0.2, -0.15) is 0 Å². The van der Waals surface area contributed by atoms with Crippen molar-refractivity contribution in [3.63, 3.8) is 0 Å². The van der Waals surface area contributed by atoms with Crippen molar-refractivity contribution < 1.29 is 8.42 Å². The molecule has 0 aliphatic heterocycles. The van der Waals surface area contributed by atoms with Crippen LogP contribution in [0.3, 0.4) is 0 Å². The summed E-state index contributed by atoms with van der Waals surface area (Å²) in [6.45, 7) is 7.71. The lowest BCUT2D eigenvalue weighted by atomic mass is 10.0. The van der Waals surface area contributed by atoms with Gasteiger partial charge in [-0.15, -0.1) is 0 Å². The average molecular weight is 329 g/mol. The Morgan fingerprint density at radius 3 is 1.87 bits per heavy atom. The molecule has 3 rings (SSSR count). The van der Waals surface area contributed by atoms with Gasteiger partial charge in [-0.25, -0.2) is 13.1 Å². The number of hydrogen-bond acceptors (Lipinski definition) is 2. The summed E-state index contributed by atoms with van der Waals surface area (Å²) in [5.41, 5.74) is 6.21.